The molecule has 1 heterocycles. The largest absolute Gasteiger partial charge is 0.545 e. The monoisotopic (exact) mass is 379 g/mol. The molecule has 0 aliphatic carbocycles. The molecule has 2 aromatic rings. The summed E-state index contributed by atoms with van der Waals surface area (Å²) in [5.41, 5.74) is 0.0104. The number of hydrogen-bond donors (Lipinski definition) is 1. The van der Waals surface area contributed by atoms with E-state index in [9.17, 15) is 24.3 Å². The summed E-state index contributed by atoms with van der Waals surface area (Å²) in [6.07, 6.45) is 1.19. The molecule has 8 nitrogen and oxygen atoms in total. The van der Waals surface area contributed by atoms with Crippen LogP contribution in [0.3, 0.4) is 0 Å². The fraction of sp³-hybridized carbons (Fsp3) is 0.100. The van der Waals surface area contributed by atoms with E-state index >= 15 is 0 Å². The Morgan fingerprint density at radius 3 is 2.50 bits per heavy atom. The van der Waals surface area contributed by atoms with E-state index in [-0.39, 0.29) is 34.7 Å². The molecule has 28 heavy (non-hydrogen) atoms. The molecule has 1 aliphatic rings. The Balaban J connectivity index is 2.08. The van der Waals surface area contributed by atoms with Crippen molar-refractivity contribution in [3.8, 4) is 5.75 Å². The number of ether oxygens (including phenoxy) is 1. The van der Waals surface area contributed by atoms with E-state index in [1.54, 1.807) is 37.3 Å². The molecule has 0 saturated carbocycles. The zero-order chi connectivity index (χ0) is 20.3. The van der Waals surface area contributed by atoms with Gasteiger partial charge in [-0.25, -0.2) is 9.69 Å². The molecule has 1 saturated heterocycles. The summed E-state index contributed by atoms with van der Waals surface area (Å²) in [7, 11) is 0. The number of aromatic carboxylic acids is 1. The van der Waals surface area contributed by atoms with Crippen molar-refractivity contribution < 1.29 is 29.0 Å². The molecular weight excluding hydrogens is 364 g/mol. The van der Waals surface area contributed by atoms with Gasteiger partial charge in [0.15, 0.2) is 0 Å². The molecule has 2 aromatic carbocycles. The van der Waals surface area contributed by atoms with Crippen molar-refractivity contribution in [3.05, 3.63) is 65.2 Å². The number of nitrogens with zero attached hydrogens (tertiary/aromatic N) is 1. The second kappa shape index (κ2) is 7.75. The number of anilines is 1. The second-order valence-corrected chi connectivity index (χ2v) is 5.77. The first kappa shape index (κ1) is 18.8. The number of amides is 4. The highest BCUT2D eigenvalue weighted by Gasteiger charge is 2.36. The predicted molar refractivity (Wildman–Crippen MR) is 97.4 cm³/mol. The zero-order valence-electron chi connectivity index (χ0n) is 14.8. The molecule has 0 atom stereocenters. The number of hydrogen-bond acceptors (Lipinski definition) is 6. The van der Waals surface area contributed by atoms with Crippen LogP contribution in [0.5, 0.6) is 5.75 Å². The first-order valence-electron chi connectivity index (χ1n) is 8.37. The van der Waals surface area contributed by atoms with Gasteiger partial charge in [-0.05, 0) is 48.9 Å². The van der Waals surface area contributed by atoms with Gasteiger partial charge < -0.3 is 14.6 Å². The van der Waals surface area contributed by atoms with Crippen molar-refractivity contribution in [2.45, 2.75) is 6.92 Å². The number of nitrogens with one attached hydrogen (secondary N) is 1. The van der Waals surface area contributed by atoms with Crippen molar-refractivity contribution in [1.82, 2.24) is 5.32 Å². The molecule has 142 valence electrons. The van der Waals surface area contributed by atoms with Crippen molar-refractivity contribution >= 4 is 35.6 Å². The van der Waals surface area contributed by atoms with E-state index in [0.717, 1.165) is 4.90 Å². The quantitative estimate of drug-likeness (QED) is 0.615. The number of carboxylic acid groups (broad SMARTS) is 1. The minimum absolute atomic E-state index is 0.144. The smallest absolute Gasteiger partial charge is 0.335 e. The summed E-state index contributed by atoms with van der Waals surface area (Å²) in [6.45, 7) is 2.02. The van der Waals surface area contributed by atoms with E-state index < -0.39 is 23.8 Å². The third-order valence-electron chi connectivity index (χ3n) is 3.96. The molecule has 1 aliphatic heterocycles. The van der Waals surface area contributed by atoms with E-state index in [1.165, 1.54) is 24.3 Å². The Morgan fingerprint density at radius 1 is 1.14 bits per heavy atom. The summed E-state index contributed by atoms with van der Waals surface area (Å²) in [4.78, 5) is 49.3. The first-order valence-corrected chi connectivity index (χ1v) is 8.37. The van der Waals surface area contributed by atoms with Crippen LogP contribution < -0.4 is 20.1 Å². The second-order valence-electron chi connectivity index (χ2n) is 5.77. The van der Waals surface area contributed by atoms with Crippen LogP contribution in [0.2, 0.25) is 0 Å². The summed E-state index contributed by atoms with van der Waals surface area (Å²) in [5.74, 6) is -2.85. The molecule has 0 spiro atoms. The van der Waals surface area contributed by atoms with Gasteiger partial charge >= 0.3 is 6.03 Å². The summed E-state index contributed by atoms with van der Waals surface area (Å²) >= 11 is 0. The minimum atomic E-state index is -1.41. The summed E-state index contributed by atoms with van der Waals surface area (Å²) in [6, 6.07) is 11.2. The van der Waals surface area contributed by atoms with Crippen molar-refractivity contribution in [2.24, 2.45) is 0 Å². The lowest BCUT2D eigenvalue weighted by atomic mass is 10.0. The van der Waals surface area contributed by atoms with Crippen LogP contribution in [0.15, 0.2) is 54.1 Å². The number of rotatable bonds is 5. The topological polar surface area (TPSA) is 116 Å². The average molecular weight is 379 g/mol. The van der Waals surface area contributed by atoms with Gasteiger partial charge in [-0.2, -0.15) is 0 Å². The summed E-state index contributed by atoms with van der Waals surface area (Å²) in [5, 5.41) is 13.3. The van der Waals surface area contributed by atoms with Gasteiger partial charge in [0.2, 0.25) is 0 Å². The summed E-state index contributed by atoms with van der Waals surface area (Å²) < 4.78 is 5.43. The lowest BCUT2D eigenvalue weighted by molar-refractivity contribution is -0.255. The maximum absolute atomic E-state index is 12.8. The number of carbonyl (C=O) groups excluding carboxylic acids is 4. The lowest BCUT2D eigenvalue weighted by Gasteiger charge is -2.26. The third kappa shape index (κ3) is 3.61. The van der Waals surface area contributed by atoms with Crippen LogP contribution in [-0.2, 0) is 9.59 Å². The van der Waals surface area contributed by atoms with E-state index in [0.29, 0.717) is 0 Å². The molecule has 1 N–H and O–H groups in total. The third-order valence-corrected chi connectivity index (χ3v) is 3.96. The molecule has 0 aromatic heterocycles. The molecule has 8 heteroatoms. The molecule has 4 amide bonds. The number of benzene rings is 2. The van der Waals surface area contributed by atoms with Crippen LogP contribution in [0.1, 0.15) is 22.8 Å². The fourth-order valence-electron chi connectivity index (χ4n) is 2.70. The van der Waals surface area contributed by atoms with Crippen molar-refractivity contribution in [3.63, 3.8) is 0 Å². The zero-order valence-corrected chi connectivity index (χ0v) is 14.8. The normalized spacial score (nSPS) is 15.5. The average Bonchev–Trinajstić information content (AvgIpc) is 2.67. The Morgan fingerprint density at radius 2 is 1.86 bits per heavy atom. The fourth-order valence-corrected chi connectivity index (χ4v) is 2.70. The molecular formula is C20H15N2O6-. The lowest BCUT2D eigenvalue weighted by Crippen LogP contribution is -2.54. The number of carboxylic acids is 1. The number of barbiturate groups is 1. The molecule has 0 unspecified atom stereocenters. The van der Waals surface area contributed by atoms with Crippen LogP contribution in [0, 0.1) is 0 Å². The van der Waals surface area contributed by atoms with E-state index in [2.05, 4.69) is 5.32 Å². The van der Waals surface area contributed by atoms with E-state index in [1.807, 2.05) is 0 Å². The number of para-hydroxylation sites is 1. The van der Waals surface area contributed by atoms with Gasteiger partial charge in [-0.1, -0.05) is 18.2 Å². The highest BCUT2D eigenvalue weighted by molar-refractivity contribution is 6.39. The molecule has 0 bridgehead atoms. The highest BCUT2D eigenvalue weighted by Crippen LogP contribution is 2.26. The first-order chi connectivity index (χ1) is 13.4. The van der Waals surface area contributed by atoms with Gasteiger partial charge in [0.1, 0.15) is 11.3 Å². The Bertz CT molecular complexity index is 997. The van der Waals surface area contributed by atoms with E-state index in [4.69, 9.17) is 4.74 Å². The van der Waals surface area contributed by atoms with Crippen molar-refractivity contribution in [1.29, 1.82) is 0 Å². The van der Waals surface area contributed by atoms with Crippen molar-refractivity contribution in [2.75, 3.05) is 11.5 Å². The maximum atomic E-state index is 12.8. The number of urea groups is 1. The van der Waals surface area contributed by atoms with Crippen LogP contribution in [0.25, 0.3) is 6.08 Å². The van der Waals surface area contributed by atoms with Gasteiger partial charge in [-0.3, -0.25) is 14.9 Å². The van der Waals surface area contributed by atoms with Gasteiger partial charge in [0.05, 0.1) is 18.3 Å². The predicted octanol–water partition coefficient (Wildman–Crippen LogP) is 1.12. The van der Waals surface area contributed by atoms with Gasteiger partial charge in [-0.15, -0.1) is 0 Å². The SMILES string of the molecule is CCOc1ccc(C(=O)[O-])cc1/C=C1\C(=O)NC(=O)N(c2ccccc2)C1=O. The minimum Gasteiger partial charge on any atom is -0.545 e. The van der Waals surface area contributed by atoms with Crippen LogP contribution >= 0.6 is 0 Å². The number of carbonyl (C=O) groups is 4. The van der Waals surface area contributed by atoms with Gasteiger partial charge in [0.25, 0.3) is 11.8 Å². The highest BCUT2D eigenvalue weighted by atomic mass is 16.5. The molecule has 3 rings (SSSR count). The van der Waals surface area contributed by atoms with Crippen LogP contribution in [0.4, 0.5) is 10.5 Å². The Labute approximate surface area is 160 Å². The van der Waals surface area contributed by atoms with Gasteiger partial charge in [0, 0.05) is 5.56 Å². The Kier molecular flexibility index (Phi) is 5.21. The molecule has 0 radical (unpaired) electrons. The number of imide groups is 2. The maximum Gasteiger partial charge on any atom is 0.335 e. The van der Waals surface area contributed by atoms with Crippen LogP contribution in [-0.4, -0.2) is 30.4 Å². The Hall–Kier alpha value is -3.94. The standard InChI is InChI=1S/C20H16N2O6/c1-2-28-16-9-8-12(19(25)26)10-13(16)11-15-17(23)21-20(27)22(18(15)24)14-6-4-3-5-7-14/h3-11H,2H2,1H3,(H,25,26)(H,21,23,27)/p-1/b15-11+. The molecule has 1 fully saturated rings.